The maximum Gasteiger partial charge on any atom is 0.253 e. The Kier molecular flexibility index (Phi) is 4.36. The molecule has 1 aliphatic heterocycles. The van der Waals surface area contributed by atoms with Gasteiger partial charge in [0.05, 0.1) is 26.8 Å². The third-order valence-corrected chi connectivity index (χ3v) is 6.56. The second-order valence-electron chi connectivity index (χ2n) is 7.53. The number of fused-ring (bicyclic) bond motifs is 2. The second-order valence-corrected chi connectivity index (χ2v) is 8.42. The Labute approximate surface area is 167 Å². The summed E-state index contributed by atoms with van der Waals surface area (Å²) in [6, 6.07) is 14.1. The van der Waals surface area contributed by atoms with Crippen LogP contribution in [0, 0.1) is 12.8 Å². The van der Waals surface area contributed by atoms with Crippen LogP contribution in [0.4, 0.5) is 0 Å². The molecule has 0 N–H and O–H groups in total. The fourth-order valence-corrected chi connectivity index (χ4v) is 4.89. The molecular formula is C22H22N4OS. The van der Waals surface area contributed by atoms with Crippen molar-refractivity contribution < 1.29 is 4.79 Å². The minimum Gasteiger partial charge on any atom is -0.339 e. The second kappa shape index (κ2) is 7.02. The molecular weight excluding hydrogens is 368 g/mol. The van der Waals surface area contributed by atoms with Crippen molar-refractivity contribution >= 4 is 38.5 Å². The first-order valence-corrected chi connectivity index (χ1v) is 10.6. The standard InChI is InChI=1S/C22H22N4OS/c1-15-24-18-4-2-3-5-20(18)26(15)13-16-8-10-25(11-9-16)22(27)17-6-7-19-21(12-17)28-14-23-19/h2-7,12,14,16H,8-11,13H2,1H3. The van der Waals surface area contributed by atoms with Crippen LogP contribution in [0.25, 0.3) is 21.3 Å². The largest absolute Gasteiger partial charge is 0.339 e. The van der Waals surface area contributed by atoms with E-state index in [4.69, 9.17) is 0 Å². The van der Waals surface area contributed by atoms with E-state index in [9.17, 15) is 4.79 Å². The van der Waals surface area contributed by atoms with Crippen molar-refractivity contribution in [1.29, 1.82) is 0 Å². The summed E-state index contributed by atoms with van der Waals surface area (Å²) in [5.74, 6) is 1.78. The molecule has 2 aromatic carbocycles. The zero-order valence-corrected chi connectivity index (χ0v) is 16.7. The molecule has 0 bridgehead atoms. The predicted molar refractivity (Wildman–Crippen MR) is 113 cm³/mol. The Morgan fingerprint density at radius 3 is 2.82 bits per heavy atom. The highest BCUT2D eigenvalue weighted by Crippen LogP contribution is 2.25. The van der Waals surface area contributed by atoms with Crippen LogP contribution < -0.4 is 0 Å². The molecule has 0 atom stereocenters. The lowest BCUT2D eigenvalue weighted by atomic mass is 9.96. The van der Waals surface area contributed by atoms with E-state index in [-0.39, 0.29) is 5.91 Å². The molecule has 0 aliphatic carbocycles. The number of likely N-dealkylation sites (tertiary alicyclic amines) is 1. The molecule has 5 nitrogen and oxygen atoms in total. The predicted octanol–water partition coefficient (Wildman–Crippen LogP) is 4.51. The van der Waals surface area contributed by atoms with Gasteiger partial charge in [-0.15, -0.1) is 11.3 Å². The molecule has 4 aromatic rings. The number of thiazole rings is 1. The number of benzene rings is 2. The highest BCUT2D eigenvalue weighted by Gasteiger charge is 2.25. The van der Waals surface area contributed by atoms with Crippen LogP contribution >= 0.6 is 11.3 Å². The van der Waals surface area contributed by atoms with Gasteiger partial charge in [-0.3, -0.25) is 4.79 Å². The molecule has 0 spiro atoms. The normalized spacial score (nSPS) is 15.5. The number of hydrogen-bond donors (Lipinski definition) is 0. The van der Waals surface area contributed by atoms with Gasteiger partial charge < -0.3 is 9.47 Å². The average molecular weight is 391 g/mol. The van der Waals surface area contributed by atoms with E-state index in [1.54, 1.807) is 11.3 Å². The number of aryl methyl sites for hydroxylation is 1. The molecule has 5 rings (SSSR count). The lowest BCUT2D eigenvalue weighted by molar-refractivity contribution is 0.0683. The van der Waals surface area contributed by atoms with Gasteiger partial charge in [-0.1, -0.05) is 12.1 Å². The number of amides is 1. The molecule has 1 saturated heterocycles. The van der Waals surface area contributed by atoms with Gasteiger partial charge in [0, 0.05) is 25.2 Å². The van der Waals surface area contributed by atoms with Crippen LogP contribution in [0.2, 0.25) is 0 Å². The monoisotopic (exact) mass is 390 g/mol. The molecule has 0 saturated carbocycles. The van der Waals surface area contributed by atoms with Crippen molar-refractivity contribution in [3.63, 3.8) is 0 Å². The number of piperidine rings is 1. The number of rotatable bonds is 3. The molecule has 6 heteroatoms. The lowest BCUT2D eigenvalue weighted by Gasteiger charge is -2.32. The van der Waals surface area contributed by atoms with Crippen LogP contribution in [-0.2, 0) is 6.54 Å². The Bertz CT molecular complexity index is 1150. The van der Waals surface area contributed by atoms with Crippen molar-refractivity contribution in [2.75, 3.05) is 13.1 Å². The van der Waals surface area contributed by atoms with Gasteiger partial charge in [0.1, 0.15) is 5.82 Å². The van der Waals surface area contributed by atoms with Crippen molar-refractivity contribution in [2.45, 2.75) is 26.3 Å². The number of nitrogens with zero attached hydrogens (tertiary/aromatic N) is 4. The minimum absolute atomic E-state index is 0.137. The Balaban J connectivity index is 1.27. The zero-order chi connectivity index (χ0) is 19.1. The topological polar surface area (TPSA) is 51.0 Å². The summed E-state index contributed by atoms with van der Waals surface area (Å²) in [6.45, 7) is 4.68. The molecule has 2 aromatic heterocycles. The van der Waals surface area contributed by atoms with E-state index in [0.717, 1.165) is 59.6 Å². The molecule has 3 heterocycles. The van der Waals surface area contributed by atoms with Crippen LogP contribution in [0.3, 0.4) is 0 Å². The van der Waals surface area contributed by atoms with Crippen molar-refractivity contribution in [3.8, 4) is 0 Å². The average Bonchev–Trinajstić information content (AvgIpc) is 3.32. The summed E-state index contributed by atoms with van der Waals surface area (Å²) in [5.41, 5.74) is 5.82. The molecule has 1 amide bonds. The minimum atomic E-state index is 0.137. The van der Waals surface area contributed by atoms with Crippen molar-refractivity contribution in [3.05, 3.63) is 59.4 Å². The Hall–Kier alpha value is -2.73. The number of carbonyl (C=O) groups is 1. The highest BCUT2D eigenvalue weighted by atomic mass is 32.1. The van der Waals surface area contributed by atoms with Gasteiger partial charge in [-0.2, -0.15) is 0 Å². The van der Waals surface area contributed by atoms with Gasteiger partial charge in [0.2, 0.25) is 0 Å². The Morgan fingerprint density at radius 2 is 1.96 bits per heavy atom. The fourth-order valence-electron chi connectivity index (χ4n) is 4.17. The maximum atomic E-state index is 12.9. The van der Waals surface area contributed by atoms with Crippen molar-refractivity contribution in [1.82, 2.24) is 19.4 Å². The SMILES string of the molecule is Cc1nc2ccccc2n1CC1CCN(C(=O)c2ccc3ncsc3c2)CC1. The first-order chi connectivity index (χ1) is 13.7. The third-order valence-electron chi connectivity index (χ3n) is 5.77. The van der Waals surface area contributed by atoms with E-state index in [2.05, 4.69) is 39.7 Å². The van der Waals surface area contributed by atoms with Gasteiger partial charge in [-0.05, 0) is 56.0 Å². The summed E-state index contributed by atoms with van der Waals surface area (Å²) in [4.78, 5) is 23.9. The van der Waals surface area contributed by atoms with Gasteiger partial charge in [0.15, 0.2) is 0 Å². The number of aromatic nitrogens is 3. The van der Waals surface area contributed by atoms with Crippen LogP contribution in [0.5, 0.6) is 0 Å². The van der Waals surface area contributed by atoms with Gasteiger partial charge in [0.25, 0.3) is 5.91 Å². The number of imidazole rings is 1. The zero-order valence-electron chi connectivity index (χ0n) is 15.8. The molecule has 1 aliphatic rings. The highest BCUT2D eigenvalue weighted by molar-refractivity contribution is 7.16. The van der Waals surface area contributed by atoms with Gasteiger partial charge >= 0.3 is 0 Å². The van der Waals surface area contributed by atoms with E-state index >= 15 is 0 Å². The van der Waals surface area contributed by atoms with Crippen LogP contribution in [0.1, 0.15) is 29.0 Å². The molecule has 142 valence electrons. The summed E-state index contributed by atoms with van der Waals surface area (Å²) < 4.78 is 3.40. The van der Waals surface area contributed by atoms with E-state index in [1.165, 1.54) is 5.52 Å². The quantitative estimate of drug-likeness (QED) is 0.517. The number of para-hydroxylation sites is 2. The molecule has 1 fully saturated rings. The third kappa shape index (κ3) is 3.07. The maximum absolute atomic E-state index is 12.9. The first kappa shape index (κ1) is 17.4. The van der Waals surface area contributed by atoms with Crippen LogP contribution in [-0.4, -0.2) is 38.4 Å². The Morgan fingerprint density at radius 1 is 1.14 bits per heavy atom. The molecule has 28 heavy (non-hydrogen) atoms. The molecule has 0 radical (unpaired) electrons. The summed E-state index contributed by atoms with van der Waals surface area (Å²) >= 11 is 1.58. The van der Waals surface area contributed by atoms with E-state index in [0.29, 0.717) is 5.92 Å². The van der Waals surface area contributed by atoms with E-state index in [1.807, 2.05) is 34.7 Å². The summed E-state index contributed by atoms with van der Waals surface area (Å²) in [5, 5.41) is 0. The van der Waals surface area contributed by atoms with Crippen LogP contribution in [0.15, 0.2) is 48.0 Å². The summed E-state index contributed by atoms with van der Waals surface area (Å²) in [6.07, 6.45) is 2.06. The molecule has 0 unspecified atom stereocenters. The number of hydrogen-bond acceptors (Lipinski definition) is 4. The van der Waals surface area contributed by atoms with Crippen molar-refractivity contribution in [2.24, 2.45) is 5.92 Å². The van der Waals surface area contributed by atoms with E-state index < -0.39 is 0 Å². The lowest BCUT2D eigenvalue weighted by Crippen LogP contribution is -2.39. The summed E-state index contributed by atoms with van der Waals surface area (Å²) in [7, 11) is 0. The first-order valence-electron chi connectivity index (χ1n) is 9.73. The fraction of sp³-hybridized carbons (Fsp3) is 0.318. The van der Waals surface area contributed by atoms with Gasteiger partial charge in [-0.25, -0.2) is 9.97 Å². The number of carbonyl (C=O) groups excluding carboxylic acids is 1. The smallest absolute Gasteiger partial charge is 0.253 e.